The largest absolute Gasteiger partial charge is 0.329 e. The summed E-state index contributed by atoms with van der Waals surface area (Å²) in [5.74, 6) is -0.191. The lowest BCUT2D eigenvalue weighted by atomic mass is 10.0. The van der Waals surface area contributed by atoms with Crippen molar-refractivity contribution in [2.24, 2.45) is 5.73 Å². The van der Waals surface area contributed by atoms with Gasteiger partial charge in [0, 0.05) is 36.2 Å². The Morgan fingerprint density at radius 2 is 2.10 bits per heavy atom. The van der Waals surface area contributed by atoms with Crippen LogP contribution in [0.1, 0.15) is 30.9 Å². The summed E-state index contributed by atoms with van der Waals surface area (Å²) in [5, 5.41) is 0. The molecular formula is C16H23BrFN3. The molecule has 0 radical (unpaired) electrons. The van der Waals surface area contributed by atoms with E-state index in [9.17, 15) is 4.39 Å². The predicted octanol–water partition coefficient (Wildman–Crippen LogP) is 2.76. The minimum atomic E-state index is -0.191. The van der Waals surface area contributed by atoms with Gasteiger partial charge in [0.2, 0.25) is 0 Å². The minimum absolute atomic E-state index is 0.0932. The lowest BCUT2D eigenvalue weighted by Gasteiger charge is -2.33. The molecule has 116 valence electrons. The van der Waals surface area contributed by atoms with E-state index in [0.717, 1.165) is 23.1 Å². The Morgan fingerprint density at radius 3 is 2.90 bits per heavy atom. The maximum atomic E-state index is 13.6. The number of halogens is 2. The molecule has 0 aliphatic carbocycles. The van der Waals surface area contributed by atoms with E-state index in [1.165, 1.54) is 38.4 Å². The van der Waals surface area contributed by atoms with Crippen LogP contribution >= 0.6 is 15.9 Å². The topological polar surface area (TPSA) is 32.5 Å². The summed E-state index contributed by atoms with van der Waals surface area (Å²) in [6.07, 6.45) is 3.74. The molecule has 2 N–H and O–H groups in total. The maximum Gasteiger partial charge on any atom is 0.123 e. The summed E-state index contributed by atoms with van der Waals surface area (Å²) in [5.41, 5.74) is 7.02. The van der Waals surface area contributed by atoms with Crippen molar-refractivity contribution in [3.05, 3.63) is 34.1 Å². The summed E-state index contributed by atoms with van der Waals surface area (Å²) >= 11 is 3.56. The molecule has 5 heteroatoms. The summed E-state index contributed by atoms with van der Waals surface area (Å²) < 4.78 is 14.6. The molecule has 3 nitrogen and oxygen atoms in total. The van der Waals surface area contributed by atoms with Crippen LogP contribution in [0.4, 0.5) is 4.39 Å². The average Bonchev–Trinajstić information content (AvgIpc) is 2.81. The van der Waals surface area contributed by atoms with Crippen molar-refractivity contribution in [3.63, 3.8) is 0 Å². The highest BCUT2D eigenvalue weighted by Gasteiger charge is 2.32. The van der Waals surface area contributed by atoms with Crippen LogP contribution in [0.3, 0.4) is 0 Å². The summed E-state index contributed by atoms with van der Waals surface area (Å²) in [4.78, 5) is 5.06. The average molecular weight is 356 g/mol. The Morgan fingerprint density at radius 1 is 1.29 bits per heavy atom. The molecule has 0 saturated carbocycles. The summed E-state index contributed by atoms with van der Waals surface area (Å²) in [6.45, 7) is 5.02. The van der Waals surface area contributed by atoms with Gasteiger partial charge in [0.25, 0.3) is 0 Å². The third-order valence-electron chi connectivity index (χ3n) is 4.82. The predicted molar refractivity (Wildman–Crippen MR) is 86.7 cm³/mol. The number of nitrogens with two attached hydrogens (primary N) is 1. The van der Waals surface area contributed by atoms with E-state index < -0.39 is 0 Å². The molecule has 0 aromatic heterocycles. The van der Waals surface area contributed by atoms with Crippen LogP contribution in [0.5, 0.6) is 0 Å². The molecule has 1 aromatic rings. The number of hydrogen-bond donors (Lipinski definition) is 1. The first-order valence-electron chi connectivity index (χ1n) is 7.82. The molecule has 2 fully saturated rings. The normalized spacial score (nSPS) is 25.6. The van der Waals surface area contributed by atoms with Gasteiger partial charge in [-0.25, -0.2) is 4.39 Å². The Labute approximate surface area is 134 Å². The third kappa shape index (κ3) is 3.31. The van der Waals surface area contributed by atoms with Gasteiger partial charge in [0.15, 0.2) is 0 Å². The Hall–Kier alpha value is -0.490. The van der Waals surface area contributed by atoms with Gasteiger partial charge < -0.3 is 5.73 Å². The van der Waals surface area contributed by atoms with Gasteiger partial charge in [-0.15, -0.1) is 0 Å². The first kappa shape index (κ1) is 15.4. The number of rotatable bonds is 3. The lowest BCUT2D eigenvalue weighted by Crippen LogP contribution is -2.40. The molecule has 2 atom stereocenters. The third-order valence-corrected chi connectivity index (χ3v) is 5.54. The highest BCUT2D eigenvalue weighted by molar-refractivity contribution is 9.10. The van der Waals surface area contributed by atoms with Crippen molar-refractivity contribution < 1.29 is 4.39 Å². The molecule has 1 aromatic carbocycles. The monoisotopic (exact) mass is 355 g/mol. The van der Waals surface area contributed by atoms with E-state index >= 15 is 0 Å². The van der Waals surface area contributed by atoms with Crippen molar-refractivity contribution in [1.82, 2.24) is 9.80 Å². The van der Waals surface area contributed by atoms with Gasteiger partial charge in [0.05, 0.1) is 0 Å². The zero-order chi connectivity index (χ0) is 14.8. The second-order valence-electron chi connectivity index (χ2n) is 6.10. The van der Waals surface area contributed by atoms with Crippen molar-refractivity contribution in [1.29, 1.82) is 0 Å². The van der Waals surface area contributed by atoms with Crippen molar-refractivity contribution in [3.8, 4) is 0 Å². The number of benzene rings is 1. The van der Waals surface area contributed by atoms with E-state index in [4.69, 9.17) is 5.73 Å². The first-order valence-corrected chi connectivity index (χ1v) is 8.61. The van der Waals surface area contributed by atoms with Crippen LogP contribution in [-0.4, -0.2) is 48.6 Å². The molecule has 2 saturated heterocycles. The first-order chi connectivity index (χ1) is 10.2. The number of hydrogen-bond acceptors (Lipinski definition) is 3. The van der Waals surface area contributed by atoms with Crippen LogP contribution in [0.2, 0.25) is 0 Å². The fourth-order valence-corrected chi connectivity index (χ4v) is 4.27. The molecule has 2 aliphatic rings. The van der Waals surface area contributed by atoms with Crippen LogP contribution < -0.4 is 5.73 Å². The fourth-order valence-electron chi connectivity index (χ4n) is 3.76. The van der Waals surface area contributed by atoms with Crippen molar-refractivity contribution in [2.75, 3.05) is 32.7 Å². The number of nitrogens with zero attached hydrogens (tertiary/aromatic N) is 2. The van der Waals surface area contributed by atoms with E-state index in [0.29, 0.717) is 12.6 Å². The molecule has 21 heavy (non-hydrogen) atoms. The highest BCUT2D eigenvalue weighted by Crippen LogP contribution is 2.31. The summed E-state index contributed by atoms with van der Waals surface area (Å²) in [7, 11) is 0. The highest BCUT2D eigenvalue weighted by atomic mass is 79.9. The van der Waals surface area contributed by atoms with E-state index in [-0.39, 0.29) is 11.9 Å². The van der Waals surface area contributed by atoms with Crippen LogP contribution in [-0.2, 0) is 0 Å². The molecule has 0 amide bonds. The maximum absolute atomic E-state index is 13.6. The fraction of sp³-hybridized carbons (Fsp3) is 0.625. The molecule has 2 heterocycles. The van der Waals surface area contributed by atoms with E-state index in [1.807, 2.05) is 0 Å². The zero-order valence-electron chi connectivity index (χ0n) is 12.3. The number of fused-ring (bicyclic) bond motifs is 1. The van der Waals surface area contributed by atoms with Gasteiger partial charge in [0.1, 0.15) is 5.82 Å². The van der Waals surface area contributed by atoms with Gasteiger partial charge in [-0.1, -0.05) is 15.9 Å². The molecule has 0 bridgehead atoms. The Balaban J connectivity index is 1.83. The summed E-state index contributed by atoms with van der Waals surface area (Å²) in [6, 6.07) is 5.64. The molecule has 0 spiro atoms. The molecule has 3 rings (SSSR count). The lowest BCUT2D eigenvalue weighted by molar-refractivity contribution is 0.175. The smallest absolute Gasteiger partial charge is 0.123 e. The minimum Gasteiger partial charge on any atom is -0.329 e. The van der Waals surface area contributed by atoms with Gasteiger partial charge >= 0.3 is 0 Å². The van der Waals surface area contributed by atoms with Crippen LogP contribution in [0, 0.1) is 5.82 Å². The SMILES string of the molecule is NCC(c1cc(F)ccc1Br)N1CCCN2CCCC2C1. The standard InChI is InChI=1S/C16H23BrFN3/c17-15-5-4-12(18)9-14(15)16(10-19)21-8-2-7-20-6-1-3-13(20)11-21/h4-5,9,13,16H,1-3,6-8,10-11,19H2. The van der Waals surface area contributed by atoms with Gasteiger partial charge in [-0.05, 0) is 56.1 Å². The zero-order valence-corrected chi connectivity index (χ0v) is 13.9. The van der Waals surface area contributed by atoms with Gasteiger partial charge in [-0.2, -0.15) is 0 Å². The van der Waals surface area contributed by atoms with E-state index in [2.05, 4.69) is 25.7 Å². The quantitative estimate of drug-likeness (QED) is 0.904. The van der Waals surface area contributed by atoms with Crippen LogP contribution in [0.25, 0.3) is 0 Å². The second-order valence-corrected chi connectivity index (χ2v) is 6.95. The van der Waals surface area contributed by atoms with Gasteiger partial charge in [-0.3, -0.25) is 9.80 Å². The molecule has 2 unspecified atom stereocenters. The van der Waals surface area contributed by atoms with Crippen molar-refractivity contribution in [2.45, 2.75) is 31.3 Å². The molecular weight excluding hydrogens is 333 g/mol. The Bertz CT molecular complexity index is 496. The van der Waals surface area contributed by atoms with E-state index in [1.54, 1.807) is 12.1 Å². The van der Waals surface area contributed by atoms with Crippen LogP contribution in [0.15, 0.2) is 22.7 Å². The van der Waals surface area contributed by atoms with Crippen molar-refractivity contribution >= 4 is 15.9 Å². The Kier molecular flexibility index (Phi) is 4.94. The second kappa shape index (κ2) is 6.73. The molecule has 2 aliphatic heterocycles.